The molecular formula is C15H12BrClFN5O. The highest BCUT2D eigenvalue weighted by Crippen LogP contribution is 2.26. The second kappa shape index (κ2) is 7.59. The first kappa shape index (κ1) is 16.7. The second-order valence-electron chi connectivity index (χ2n) is 4.83. The highest BCUT2D eigenvalue weighted by Gasteiger charge is 2.11. The maximum absolute atomic E-state index is 13.8. The van der Waals surface area contributed by atoms with Crippen molar-refractivity contribution in [3.63, 3.8) is 0 Å². The van der Waals surface area contributed by atoms with Crippen LogP contribution in [0.5, 0.6) is 5.75 Å². The lowest BCUT2D eigenvalue weighted by atomic mass is 10.2. The first-order valence-electron chi connectivity index (χ1n) is 6.95. The lowest BCUT2D eigenvalue weighted by Crippen LogP contribution is -2.06. The molecule has 24 heavy (non-hydrogen) atoms. The van der Waals surface area contributed by atoms with E-state index in [2.05, 4.69) is 41.9 Å². The third kappa shape index (κ3) is 4.01. The molecular weight excluding hydrogens is 401 g/mol. The van der Waals surface area contributed by atoms with Crippen molar-refractivity contribution in [2.45, 2.75) is 13.2 Å². The average Bonchev–Trinajstić information content (AvgIpc) is 3.07. The van der Waals surface area contributed by atoms with Gasteiger partial charge in [0.05, 0.1) is 5.02 Å². The molecule has 9 heteroatoms. The molecule has 1 aromatic heterocycles. The van der Waals surface area contributed by atoms with E-state index < -0.39 is 5.82 Å². The van der Waals surface area contributed by atoms with E-state index in [-0.39, 0.29) is 6.61 Å². The zero-order valence-corrected chi connectivity index (χ0v) is 14.6. The zero-order valence-electron chi connectivity index (χ0n) is 12.3. The van der Waals surface area contributed by atoms with Gasteiger partial charge in [-0.25, -0.2) is 4.39 Å². The van der Waals surface area contributed by atoms with Gasteiger partial charge in [0.2, 0.25) is 0 Å². The molecule has 6 nitrogen and oxygen atoms in total. The summed E-state index contributed by atoms with van der Waals surface area (Å²) < 4.78 is 20.5. The van der Waals surface area contributed by atoms with Crippen molar-refractivity contribution in [3.8, 4) is 5.75 Å². The zero-order chi connectivity index (χ0) is 16.9. The molecule has 124 valence electrons. The van der Waals surface area contributed by atoms with Gasteiger partial charge < -0.3 is 10.1 Å². The Bertz CT molecular complexity index is 810. The number of aromatic amines is 1. The molecule has 0 saturated heterocycles. The van der Waals surface area contributed by atoms with Crippen LogP contribution < -0.4 is 10.1 Å². The Morgan fingerprint density at radius 2 is 2.17 bits per heavy atom. The number of nitrogens with one attached hydrogen (secondary N) is 2. The number of benzene rings is 2. The molecule has 0 unspecified atom stereocenters. The Labute approximate surface area is 150 Å². The summed E-state index contributed by atoms with van der Waals surface area (Å²) in [7, 11) is 0. The molecule has 0 aliphatic carbocycles. The van der Waals surface area contributed by atoms with Crippen molar-refractivity contribution in [2.75, 3.05) is 5.32 Å². The number of nitrogens with zero attached hydrogens (tertiary/aromatic N) is 3. The smallest absolute Gasteiger partial charge is 0.263 e. The molecule has 0 aliphatic heterocycles. The minimum absolute atomic E-state index is 0.0301. The SMILES string of the molecule is Fc1cccc(Cl)c1COc1ccc(Br)cc1CNc1nn[nH]n1. The standard InChI is InChI=1S/C15H12BrClFN5O/c16-10-4-5-14(9(6-10)7-19-15-20-22-23-21-15)24-8-11-12(17)2-1-3-13(11)18/h1-6H,7-8H2,(H2,19,20,21,22,23). The topological polar surface area (TPSA) is 75.7 Å². The first-order valence-corrected chi connectivity index (χ1v) is 8.12. The van der Waals surface area contributed by atoms with Crippen LogP contribution in [0.1, 0.15) is 11.1 Å². The Hall–Kier alpha value is -2.19. The normalized spacial score (nSPS) is 10.6. The highest BCUT2D eigenvalue weighted by atomic mass is 79.9. The summed E-state index contributed by atoms with van der Waals surface area (Å²) in [6.45, 7) is 0.446. The van der Waals surface area contributed by atoms with Gasteiger partial charge in [0, 0.05) is 22.1 Å². The average molecular weight is 413 g/mol. The van der Waals surface area contributed by atoms with Crippen molar-refractivity contribution in [1.29, 1.82) is 0 Å². The summed E-state index contributed by atoms with van der Waals surface area (Å²) in [5.74, 6) is 0.581. The van der Waals surface area contributed by atoms with Gasteiger partial charge in [-0.2, -0.15) is 5.21 Å². The maximum atomic E-state index is 13.8. The summed E-state index contributed by atoms with van der Waals surface area (Å²) in [5.41, 5.74) is 1.17. The van der Waals surface area contributed by atoms with Crippen LogP contribution in [-0.2, 0) is 13.2 Å². The van der Waals surface area contributed by atoms with Crippen LogP contribution in [0, 0.1) is 5.82 Å². The number of ether oxygens (including phenoxy) is 1. The molecule has 2 N–H and O–H groups in total. The third-order valence-corrected chi connectivity index (χ3v) is 4.09. The number of hydrogen-bond donors (Lipinski definition) is 2. The Morgan fingerprint density at radius 1 is 1.29 bits per heavy atom. The molecule has 0 amide bonds. The number of aromatic nitrogens is 4. The third-order valence-electron chi connectivity index (χ3n) is 3.24. The maximum Gasteiger partial charge on any atom is 0.263 e. The Balaban J connectivity index is 1.75. The molecule has 0 fully saturated rings. The lowest BCUT2D eigenvalue weighted by molar-refractivity contribution is 0.297. The van der Waals surface area contributed by atoms with Crippen molar-refractivity contribution in [2.24, 2.45) is 0 Å². The van der Waals surface area contributed by atoms with E-state index >= 15 is 0 Å². The fourth-order valence-corrected chi connectivity index (χ4v) is 2.68. The molecule has 0 radical (unpaired) electrons. The molecule has 0 atom stereocenters. The monoisotopic (exact) mass is 411 g/mol. The van der Waals surface area contributed by atoms with E-state index in [1.165, 1.54) is 6.07 Å². The van der Waals surface area contributed by atoms with Gasteiger partial charge in [0.15, 0.2) is 0 Å². The van der Waals surface area contributed by atoms with Gasteiger partial charge >= 0.3 is 0 Å². The van der Waals surface area contributed by atoms with Crippen LogP contribution >= 0.6 is 27.5 Å². The first-order chi connectivity index (χ1) is 11.6. The fourth-order valence-electron chi connectivity index (χ4n) is 2.06. The fraction of sp³-hybridized carbons (Fsp3) is 0.133. The molecule has 2 aromatic carbocycles. The number of rotatable bonds is 6. The van der Waals surface area contributed by atoms with Crippen molar-refractivity contribution >= 4 is 33.5 Å². The Kier molecular flexibility index (Phi) is 5.27. The van der Waals surface area contributed by atoms with Crippen molar-refractivity contribution < 1.29 is 9.13 Å². The van der Waals surface area contributed by atoms with Crippen LogP contribution in [0.2, 0.25) is 5.02 Å². The molecule has 0 saturated carbocycles. The van der Waals surface area contributed by atoms with Gasteiger partial charge in [0.25, 0.3) is 5.95 Å². The van der Waals surface area contributed by atoms with E-state index in [9.17, 15) is 4.39 Å². The summed E-state index contributed by atoms with van der Waals surface area (Å²) >= 11 is 9.44. The lowest BCUT2D eigenvalue weighted by Gasteiger charge is -2.13. The number of anilines is 1. The van der Waals surface area contributed by atoms with E-state index in [1.54, 1.807) is 18.2 Å². The van der Waals surface area contributed by atoms with E-state index in [1.807, 2.05) is 12.1 Å². The van der Waals surface area contributed by atoms with Crippen LogP contribution in [0.3, 0.4) is 0 Å². The van der Waals surface area contributed by atoms with Crippen LogP contribution in [0.4, 0.5) is 10.3 Å². The summed E-state index contributed by atoms with van der Waals surface area (Å²) in [5, 5.41) is 16.8. The molecule has 3 aromatic rings. The quantitative estimate of drug-likeness (QED) is 0.641. The number of halogens is 3. The van der Waals surface area contributed by atoms with Crippen LogP contribution in [0.15, 0.2) is 40.9 Å². The van der Waals surface area contributed by atoms with Crippen LogP contribution in [-0.4, -0.2) is 20.6 Å². The van der Waals surface area contributed by atoms with Gasteiger partial charge in [-0.3, -0.25) is 0 Å². The van der Waals surface area contributed by atoms with Crippen LogP contribution in [0.25, 0.3) is 0 Å². The molecule has 0 bridgehead atoms. The van der Waals surface area contributed by atoms with Crippen molar-refractivity contribution in [3.05, 3.63) is 62.8 Å². The van der Waals surface area contributed by atoms with E-state index in [0.717, 1.165) is 10.0 Å². The van der Waals surface area contributed by atoms with Crippen molar-refractivity contribution in [1.82, 2.24) is 20.6 Å². The summed E-state index contributed by atoms with van der Waals surface area (Å²) in [6, 6.07) is 10.1. The Morgan fingerprint density at radius 3 is 2.92 bits per heavy atom. The number of tetrazole rings is 1. The summed E-state index contributed by atoms with van der Waals surface area (Å²) in [4.78, 5) is 0. The van der Waals surface area contributed by atoms with Gasteiger partial charge in [0.1, 0.15) is 18.2 Å². The molecule has 3 rings (SSSR count). The van der Waals surface area contributed by atoms with Gasteiger partial charge in [-0.1, -0.05) is 38.7 Å². The van der Waals surface area contributed by atoms with Gasteiger partial charge in [-0.15, -0.1) is 5.10 Å². The predicted molar refractivity (Wildman–Crippen MR) is 91.4 cm³/mol. The molecule has 0 spiro atoms. The molecule has 0 aliphatic rings. The predicted octanol–water partition coefficient (Wildman–Crippen LogP) is 3.95. The minimum Gasteiger partial charge on any atom is -0.488 e. The summed E-state index contributed by atoms with van der Waals surface area (Å²) in [6.07, 6.45) is 0. The number of H-pyrrole nitrogens is 1. The largest absolute Gasteiger partial charge is 0.488 e. The van der Waals surface area contributed by atoms with E-state index in [4.69, 9.17) is 16.3 Å². The molecule has 1 heterocycles. The second-order valence-corrected chi connectivity index (χ2v) is 6.15. The highest BCUT2D eigenvalue weighted by molar-refractivity contribution is 9.10. The number of hydrogen-bond acceptors (Lipinski definition) is 5. The van der Waals surface area contributed by atoms with Gasteiger partial charge in [-0.05, 0) is 35.5 Å². The minimum atomic E-state index is -0.397. The van der Waals surface area contributed by atoms with E-state index in [0.29, 0.717) is 28.8 Å².